The summed E-state index contributed by atoms with van der Waals surface area (Å²) in [4.78, 5) is 21.3. The summed E-state index contributed by atoms with van der Waals surface area (Å²) in [7, 11) is 0. The molecule has 0 N–H and O–H groups in total. The van der Waals surface area contributed by atoms with Crippen molar-refractivity contribution in [2.45, 2.75) is 0 Å². The van der Waals surface area contributed by atoms with Gasteiger partial charge in [-0.25, -0.2) is 4.98 Å². The summed E-state index contributed by atoms with van der Waals surface area (Å²) in [5.41, 5.74) is 3.42. The van der Waals surface area contributed by atoms with E-state index in [1.165, 1.54) is 0 Å². The van der Waals surface area contributed by atoms with E-state index in [-0.39, 0.29) is 5.91 Å². The fraction of sp³-hybridized carbons (Fsp3) is 0.174. The third-order valence-electron chi connectivity index (χ3n) is 4.98. The van der Waals surface area contributed by atoms with Crippen LogP contribution < -0.4 is 4.90 Å². The Labute approximate surface area is 164 Å². The normalized spacial score (nSPS) is 13.8. The van der Waals surface area contributed by atoms with Gasteiger partial charge in [0.1, 0.15) is 11.9 Å². The van der Waals surface area contributed by atoms with Gasteiger partial charge >= 0.3 is 0 Å². The van der Waals surface area contributed by atoms with Crippen molar-refractivity contribution in [1.82, 2.24) is 9.88 Å². The molecule has 0 bridgehead atoms. The predicted molar refractivity (Wildman–Crippen MR) is 109 cm³/mol. The summed E-state index contributed by atoms with van der Waals surface area (Å²) < 4.78 is 0. The van der Waals surface area contributed by atoms with Crippen LogP contribution in [0.4, 0.5) is 5.82 Å². The number of nitriles is 1. The number of amides is 1. The Morgan fingerprint density at radius 2 is 1.64 bits per heavy atom. The zero-order valence-corrected chi connectivity index (χ0v) is 15.5. The fourth-order valence-electron chi connectivity index (χ4n) is 3.42. The molecule has 0 spiro atoms. The number of rotatable bonds is 3. The number of aromatic nitrogens is 1. The summed E-state index contributed by atoms with van der Waals surface area (Å²) in [6.45, 7) is 2.75. The van der Waals surface area contributed by atoms with Gasteiger partial charge in [-0.2, -0.15) is 5.26 Å². The molecule has 2 aromatic carbocycles. The minimum absolute atomic E-state index is 0.0604. The zero-order valence-electron chi connectivity index (χ0n) is 15.5. The first-order valence-electron chi connectivity index (χ1n) is 9.30. The van der Waals surface area contributed by atoms with Crippen molar-refractivity contribution >= 4 is 11.7 Å². The summed E-state index contributed by atoms with van der Waals surface area (Å²) in [6, 6.07) is 23.6. The van der Waals surface area contributed by atoms with Gasteiger partial charge in [0, 0.05) is 37.9 Å². The summed E-state index contributed by atoms with van der Waals surface area (Å²) >= 11 is 0. The average molecular weight is 368 g/mol. The van der Waals surface area contributed by atoms with Crippen molar-refractivity contribution < 1.29 is 4.79 Å². The highest BCUT2D eigenvalue weighted by atomic mass is 16.2. The molecule has 0 unspecified atom stereocenters. The molecule has 1 saturated heterocycles. The van der Waals surface area contributed by atoms with Gasteiger partial charge in [-0.05, 0) is 35.4 Å². The lowest BCUT2D eigenvalue weighted by atomic mass is 10.0. The maximum absolute atomic E-state index is 13.0. The van der Waals surface area contributed by atoms with Crippen LogP contribution in [0.3, 0.4) is 0 Å². The van der Waals surface area contributed by atoms with E-state index in [1.54, 1.807) is 12.3 Å². The standard InChI is InChI=1S/C23H20N4O/c24-16-18-9-10-22(25-17-18)26-11-13-27(14-12-26)23(28)21-8-4-7-20(15-21)19-5-2-1-3-6-19/h1-10,15,17H,11-14H2. The third kappa shape index (κ3) is 3.72. The van der Waals surface area contributed by atoms with Gasteiger partial charge in [0.15, 0.2) is 0 Å². The Morgan fingerprint density at radius 3 is 2.32 bits per heavy atom. The van der Waals surface area contributed by atoms with Crippen molar-refractivity contribution in [3.63, 3.8) is 0 Å². The SMILES string of the molecule is N#Cc1ccc(N2CCN(C(=O)c3cccc(-c4ccccc4)c3)CC2)nc1. The molecule has 0 radical (unpaired) electrons. The number of benzene rings is 2. The largest absolute Gasteiger partial charge is 0.353 e. The van der Waals surface area contributed by atoms with E-state index in [0.717, 1.165) is 30.0 Å². The first-order valence-corrected chi connectivity index (χ1v) is 9.30. The Bertz CT molecular complexity index is 1000. The van der Waals surface area contributed by atoms with Crippen molar-refractivity contribution in [3.8, 4) is 17.2 Å². The maximum Gasteiger partial charge on any atom is 0.253 e. The Balaban J connectivity index is 1.43. The van der Waals surface area contributed by atoms with E-state index < -0.39 is 0 Å². The van der Waals surface area contributed by atoms with Crippen LogP contribution in [0.1, 0.15) is 15.9 Å². The molecule has 0 atom stereocenters. The maximum atomic E-state index is 13.0. The van der Waals surface area contributed by atoms with E-state index >= 15 is 0 Å². The fourth-order valence-corrected chi connectivity index (χ4v) is 3.42. The van der Waals surface area contributed by atoms with Crippen LogP contribution in [0.15, 0.2) is 72.9 Å². The van der Waals surface area contributed by atoms with Crippen LogP contribution in [-0.4, -0.2) is 42.0 Å². The number of carbonyl (C=O) groups is 1. The third-order valence-corrected chi connectivity index (χ3v) is 4.98. The smallest absolute Gasteiger partial charge is 0.253 e. The van der Waals surface area contributed by atoms with Gasteiger partial charge in [0.2, 0.25) is 0 Å². The van der Waals surface area contributed by atoms with Gasteiger partial charge in [-0.1, -0.05) is 42.5 Å². The second kappa shape index (κ2) is 7.93. The number of hydrogen-bond acceptors (Lipinski definition) is 4. The van der Waals surface area contributed by atoms with Gasteiger partial charge < -0.3 is 9.80 Å². The van der Waals surface area contributed by atoms with Crippen LogP contribution in [0.25, 0.3) is 11.1 Å². The molecule has 3 aromatic rings. The molecule has 5 nitrogen and oxygen atoms in total. The molecule has 5 heteroatoms. The molecule has 1 aliphatic rings. The van der Waals surface area contributed by atoms with Gasteiger partial charge in [-0.15, -0.1) is 0 Å². The molecule has 1 aliphatic heterocycles. The molecular formula is C23H20N4O. The topological polar surface area (TPSA) is 60.2 Å². The highest BCUT2D eigenvalue weighted by Gasteiger charge is 2.23. The Kier molecular flexibility index (Phi) is 5.03. The lowest BCUT2D eigenvalue weighted by molar-refractivity contribution is 0.0746. The number of anilines is 1. The van der Waals surface area contributed by atoms with E-state index in [9.17, 15) is 4.79 Å². The predicted octanol–water partition coefficient (Wildman–Crippen LogP) is 3.58. The highest BCUT2D eigenvalue weighted by molar-refractivity contribution is 5.95. The molecule has 138 valence electrons. The van der Waals surface area contributed by atoms with Gasteiger partial charge in [-0.3, -0.25) is 4.79 Å². The molecule has 0 saturated carbocycles. The number of carbonyl (C=O) groups excluding carboxylic acids is 1. The minimum Gasteiger partial charge on any atom is -0.353 e. The van der Waals surface area contributed by atoms with Crippen LogP contribution >= 0.6 is 0 Å². The number of pyridine rings is 1. The van der Waals surface area contributed by atoms with Crippen LogP contribution in [0.2, 0.25) is 0 Å². The second-order valence-electron chi connectivity index (χ2n) is 6.74. The van der Waals surface area contributed by atoms with E-state index in [0.29, 0.717) is 24.2 Å². The molecule has 4 rings (SSSR count). The van der Waals surface area contributed by atoms with Gasteiger partial charge in [0.05, 0.1) is 5.56 Å². The quantitative estimate of drug-likeness (QED) is 0.709. The van der Waals surface area contributed by atoms with Crippen molar-refractivity contribution in [2.24, 2.45) is 0 Å². The monoisotopic (exact) mass is 368 g/mol. The first kappa shape index (κ1) is 17.7. The van der Waals surface area contributed by atoms with Gasteiger partial charge in [0.25, 0.3) is 5.91 Å². The van der Waals surface area contributed by atoms with E-state index in [2.05, 4.69) is 16.0 Å². The summed E-state index contributed by atoms with van der Waals surface area (Å²) in [5.74, 6) is 0.905. The first-order chi connectivity index (χ1) is 13.7. The molecule has 28 heavy (non-hydrogen) atoms. The molecule has 1 aromatic heterocycles. The number of nitrogens with zero attached hydrogens (tertiary/aromatic N) is 4. The van der Waals surface area contributed by atoms with E-state index in [4.69, 9.17) is 5.26 Å². The highest BCUT2D eigenvalue weighted by Crippen LogP contribution is 2.21. The molecule has 1 amide bonds. The minimum atomic E-state index is 0.0604. The molecule has 2 heterocycles. The van der Waals surface area contributed by atoms with Crippen molar-refractivity contribution in [2.75, 3.05) is 31.1 Å². The molecule has 1 fully saturated rings. The summed E-state index contributed by atoms with van der Waals surface area (Å²) in [5, 5.41) is 8.89. The van der Waals surface area contributed by atoms with E-state index in [1.807, 2.05) is 65.6 Å². The van der Waals surface area contributed by atoms with Crippen LogP contribution in [0.5, 0.6) is 0 Å². The summed E-state index contributed by atoms with van der Waals surface area (Å²) in [6.07, 6.45) is 1.59. The molecule has 0 aliphatic carbocycles. The lowest BCUT2D eigenvalue weighted by Gasteiger charge is -2.35. The Morgan fingerprint density at radius 1 is 0.893 bits per heavy atom. The Hall–Kier alpha value is -3.65. The average Bonchev–Trinajstić information content (AvgIpc) is 2.79. The zero-order chi connectivity index (χ0) is 19.3. The lowest BCUT2D eigenvalue weighted by Crippen LogP contribution is -2.49. The second-order valence-corrected chi connectivity index (χ2v) is 6.74. The van der Waals surface area contributed by atoms with Crippen molar-refractivity contribution in [1.29, 1.82) is 5.26 Å². The van der Waals surface area contributed by atoms with Crippen molar-refractivity contribution in [3.05, 3.63) is 84.1 Å². The molecular weight excluding hydrogens is 348 g/mol. The van der Waals surface area contributed by atoms with Crippen LogP contribution in [0, 0.1) is 11.3 Å². The number of piperazine rings is 1. The van der Waals surface area contributed by atoms with Crippen LogP contribution in [-0.2, 0) is 0 Å². The number of hydrogen-bond donors (Lipinski definition) is 0.